The second-order valence-electron chi connectivity index (χ2n) is 5.47. The molecule has 27 heavy (non-hydrogen) atoms. The Labute approximate surface area is 158 Å². The number of alkyl halides is 3. The molecule has 144 valence electrons. The first-order chi connectivity index (χ1) is 12.8. The van der Waals surface area contributed by atoms with E-state index in [0.717, 1.165) is 17.0 Å². The average molecular weight is 397 g/mol. The van der Waals surface area contributed by atoms with Crippen molar-refractivity contribution in [1.29, 1.82) is 0 Å². The van der Waals surface area contributed by atoms with E-state index in [0.29, 0.717) is 11.3 Å². The average Bonchev–Trinajstić information content (AvgIpc) is 2.65. The third-order valence-corrected chi connectivity index (χ3v) is 4.38. The van der Waals surface area contributed by atoms with Crippen LogP contribution in [0.1, 0.15) is 17.5 Å². The lowest BCUT2D eigenvalue weighted by Gasteiger charge is -2.11. The predicted octanol–water partition coefficient (Wildman–Crippen LogP) is 3.72. The summed E-state index contributed by atoms with van der Waals surface area (Å²) in [5, 5.41) is 2.38. The zero-order chi connectivity index (χ0) is 19.7. The van der Waals surface area contributed by atoms with Crippen molar-refractivity contribution in [2.24, 2.45) is 0 Å². The predicted molar refractivity (Wildman–Crippen MR) is 96.7 cm³/mol. The van der Waals surface area contributed by atoms with Crippen LogP contribution in [0.4, 0.5) is 18.0 Å². The van der Waals surface area contributed by atoms with Crippen molar-refractivity contribution >= 4 is 23.7 Å². The van der Waals surface area contributed by atoms with E-state index >= 15 is 0 Å². The number of amides is 3. The van der Waals surface area contributed by atoms with Crippen molar-refractivity contribution in [3.63, 3.8) is 0 Å². The maximum Gasteiger partial charge on any atom is 0.416 e. The molecule has 0 atom stereocenters. The summed E-state index contributed by atoms with van der Waals surface area (Å²) in [6.45, 7) is -0.102. The summed E-state index contributed by atoms with van der Waals surface area (Å²) in [4.78, 5) is 24.3. The molecule has 0 radical (unpaired) electrons. The molecule has 0 fully saturated rings. The monoisotopic (exact) mass is 397 g/mol. The number of urea groups is 1. The van der Waals surface area contributed by atoms with Crippen LogP contribution in [0.5, 0.6) is 0 Å². The molecule has 2 aromatic rings. The van der Waals surface area contributed by atoms with Crippen LogP contribution in [0.2, 0.25) is 0 Å². The van der Waals surface area contributed by atoms with Crippen LogP contribution in [0.25, 0.3) is 0 Å². The van der Waals surface area contributed by atoms with Gasteiger partial charge in [-0.15, -0.1) is 11.8 Å². The first-order valence-electron chi connectivity index (χ1n) is 8.01. The summed E-state index contributed by atoms with van der Waals surface area (Å²) in [6.07, 6.45) is -4.24. The van der Waals surface area contributed by atoms with Crippen molar-refractivity contribution < 1.29 is 22.8 Å². The van der Waals surface area contributed by atoms with Gasteiger partial charge in [-0.2, -0.15) is 13.2 Å². The van der Waals surface area contributed by atoms with Gasteiger partial charge in [0.2, 0.25) is 5.91 Å². The molecular weight excluding hydrogens is 379 g/mol. The van der Waals surface area contributed by atoms with Crippen molar-refractivity contribution in [3.05, 3.63) is 65.7 Å². The van der Waals surface area contributed by atoms with Crippen molar-refractivity contribution in [2.45, 2.75) is 24.0 Å². The largest absolute Gasteiger partial charge is 0.416 e. The molecule has 0 aliphatic carbocycles. The van der Waals surface area contributed by atoms with Crippen molar-refractivity contribution in [2.75, 3.05) is 5.75 Å². The van der Waals surface area contributed by atoms with Gasteiger partial charge in [-0.1, -0.05) is 30.3 Å². The van der Waals surface area contributed by atoms with E-state index in [1.165, 1.54) is 23.9 Å². The molecule has 0 bridgehead atoms. The highest BCUT2D eigenvalue weighted by atomic mass is 32.2. The fourth-order valence-corrected chi connectivity index (χ4v) is 2.92. The maximum atomic E-state index is 12.6. The van der Waals surface area contributed by atoms with Gasteiger partial charge in [0, 0.05) is 23.6 Å². The highest BCUT2D eigenvalue weighted by molar-refractivity contribution is 7.99. The molecule has 0 spiro atoms. The van der Waals surface area contributed by atoms with Gasteiger partial charge in [0.25, 0.3) is 0 Å². The van der Waals surface area contributed by atoms with Crippen LogP contribution in [-0.4, -0.2) is 17.7 Å². The summed E-state index contributed by atoms with van der Waals surface area (Å²) in [5.41, 5.74) is 3.92. The number of carbonyl (C=O) groups is 2. The molecule has 0 saturated carbocycles. The van der Waals surface area contributed by atoms with Gasteiger partial charge >= 0.3 is 12.2 Å². The van der Waals surface area contributed by atoms with E-state index in [1.807, 2.05) is 30.3 Å². The molecule has 0 aliphatic heterocycles. The Morgan fingerprint density at radius 2 is 1.70 bits per heavy atom. The summed E-state index contributed by atoms with van der Waals surface area (Å²) in [7, 11) is 0. The van der Waals surface area contributed by atoms with Crippen LogP contribution in [-0.2, 0) is 17.5 Å². The minimum atomic E-state index is -4.44. The molecule has 3 amide bonds. The zero-order valence-corrected chi connectivity index (χ0v) is 15.0. The van der Waals surface area contributed by atoms with Crippen molar-refractivity contribution in [1.82, 2.24) is 16.2 Å². The number of hydrogen-bond acceptors (Lipinski definition) is 3. The molecule has 9 heteroatoms. The first-order valence-corrected chi connectivity index (χ1v) is 9.00. The second-order valence-corrected chi connectivity index (χ2v) is 6.63. The van der Waals surface area contributed by atoms with Gasteiger partial charge in [0.05, 0.1) is 5.56 Å². The fraction of sp³-hybridized carbons (Fsp3) is 0.222. The van der Waals surface area contributed by atoms with E-state index in [1.54, 1.807) is 0 Å². The minimum absolute atomic E-state index is 0.102. The number of halogens is 3. The number of hydrogen-bond donors (Lipinski definition) is 3. The number of benzene rings is 2. The van der Waals surface area contributed by atoms with E-state index < -0.39 is 17.8 Å². The van der Waals surface area contributed by atoms with E-state index in [4.69, 9.17) is 0 Å². The van der Waals surface area contributed by atoms with Crippen LogP contribution in [0.15, 0.2) is 59.5 Å². The molecule has 0 saturated heterocycles. The Bertz CT molecular complexity index is 770. The number of nitrogens with one attached hydrogen (secondary N) is 3. The lowest BCUT2D eigenvalue weighted by Crippen LogP contribution is -2.46. The van der Waals surface area contributed by atoms with Crippen LogP contribution >= 0.6 is 11.8 Å². The number of rotatable bonds is 6. The van der Waals surface area contributed by atoms with E-state index in [9.17, 15) is 22.8 Å². The molecule has 2 aromatic carbocycles. The molecular formula is C18H18F3N3O2S. The van der Waals surface area contributed by atoms with Crippen LogP contribution in [0, 0.1) is 0 Å². The second kappa shape index (κ2) is 9.86. The highest BCUT2D eigenvalue weighted by Gasteiger charge is 2.30. The van der Waals surface area contributed by atoms with Gasteiger partial charge < -0.3 is 5.32 Å². The van der Waals surface area contributed by atoms with Crippen LogP contribution < -0.4 is 16.2 Å². The zero-order valence-electron chi connectivity index (χ0n) is 14.2. The molecule has 3 N–H and O–H groups in total. The lowest BCUT2D eigenvalue weighted by molar-refractivity contribution is -0.137. The smallest absolute Gasteiger partial charge is 0.333 e. The Hall–Kier alpha value is -2.68. The summed E-state index contributed by atoms with van der Waals surface area (Å²) < 4.78 is 37.9. The summed E-state index contributed by atoms with van der Waals surface area (Å²) in [5.74, 6) is 0.177. The third kappa shape index (κ3) is 7.61. The Morgan fingerprint density at radius 1 is 0.963 bits per heavy atom. The molecule has 5 nitrogen and oxygen atoms in total. The fourth-order valence-electron chi connectivity index (χ4n) is 2.05. The molecule has 0 aromatic heterocycles. The molecule has 2 rings (SSSR count). The summed E-state index contributed by atoms with van der Waals surface area (Å²) >= 11 is 1.51. The molecule has 0 unspecified atom stereocenters. The van der Waals surface area contributed by atoms with Gasteiger partial charge in [0.15, 0.2) is 0 Å². The minimum Gasteiger partial charge on any atom is -0.333 e. The van der Waals surface area contributed by atoms with E-state index in [-0.39, 0.29) is 18.9 Å². The Morgan fingerprint density at radius 3 is 2.41 bits per heavy atom. The number of hydrazine groups is 1. The maximum absolute atomic E-state index is 12.6. The molecule has 0 aliphatic rings. The Balaban J connectivity index is 1.66. The SMILES string of the molecule is O=C(CCSc1ccccc1)NNC(=O)NCc1cccc(C(F)(F)F)c1. The van der Waals surface area contributed by atoms with Gasteiger partial charge in [0.1, 0.15) is 0 Å². The first kappa shape index (κ1) is 20.6. The number of thioether (sulfide) groups is 1. The normalized spacial score (nSPS) is 10.9. The van der Waals surface area contributed by atoms with Gasteiger partial charge in [-0.05, 0) is 29.8 Å². The van der Waals surface area contributed by atoms with Crippen molar-refractivity contribution in [3.8, 4) is 0 Å². The highest BCUT2D eigenvalue weighted by Crippen LogP contribution is 2.29. The van der Waals surface area contributed by atoms with Gasteiger partial charge in [-0.3, -0.25) is 10.2 Å². The summed E-state index contributed by atoms with van der Waals surface area (Å²) in [6, 6.07) is 13.5. The van der Waals surface area contributed by atoms with Crippen LogP contribution in [0.3, 0.4) is 0 Å². The van der Waals surface area contributed by atoms with E-state index in [2.05, 4.69) is 16.2 Å². The third-order valence-electron chi connectivity index (χ3n) is 3.36. The Kier molecular flexibility index (Phi) is 7.54. The lowest BCUT2D eigenvalue weighted by atomic mass is 10.1. The van der Waals surface area contributed by atoms with Gasteiger partial charge in [-0.25, -0.2) is 10.2 Å². The standard InChI is InChI=1S/C18H18F3N3O2S/c19-18(20,21)14-6-4-5-13(11-14)12-22-17(26)24-23-16(25)9-10-27-15-7-2-1-3-8-15/h1-8,11H,9-10,12H2,(H,23,25)(H2,22,24,26). The quantitative estimate of drug-likeness (QED) is 0.514. The topological polar surface area (TPSA) is 70.2 Å². The number of carbonyl (C=O) groups excluding carboxylic acids is 2. The molecule has 0 heterocycles.